The fraction of sp³-hybridized carbons (Fsp3) is 0.278. The van der Waals surface area contributed by atoms with E-state index in [0.717, 1.165) is 24.6 Å². The van der Waals surface area contributed by atoms with Gasteiger partial charge in [0.1, 0.15) is 0 Å². The smallest absolute Gasteiger partial charge is 0.178 e. The second-order valence-electron chi connectivity index (χ2n) is 10.6. The Balaban J connectivity index is 1.20. The van der Waals surface area contributed by atoms with E-state index < -0.39 is 0 Å². The lowest BCUT2D eigenvalue weighted by molar-refractivity contribution is -0.698. The van der Waals surface area contributed by atoms with Crippen molar-refractivity contribution in [3.63, 3.8) is 0 Å². The van der Waals surface area contributed by atoms with E-state index in [4.69, 9.17) is 0 Å². The number of nitrogens with zero attached hydrogens (tertiary/aromatic N) is 2. The van der Waals surface area contributed by atoms with Crippen LogP contribution < -0.4 is 9.13 Å². The monoisotopic (exact) mass is 566 g/mol. The van der Waals surface area contributed by atoms with Crippen molar-refractivity contribution in [1.82, 2.24) is 0 Å². The molecule has 0 aliphatic carbocycles. The zero-order chi connectivity index (χ0) is 28.5. The van der Waals surface area contributed by atoms with Crippen LogP contribution in [0.4, 0.5) is 0 Å². The maximum absolute atomic E-state index is 2.35. The van der Waals surface area contributed by atoms with Crippen molar-refractivity contribution in [2.24, 2.45) is 0 Å². The maximum Gasteiger partial charge on any atom is 0.178 e. The molecule has 0 atom stereocenters. The van der Waals surface area contributed by atoms with Crippen molar-refractivity contribution in [3.8, 4) is 0 Å². The molecule has 0 N–H and O–H groups in total. The van der Waals surface area contributed by atoms with Crippen LogP contribution in [0, 0.1) is 41.5 Å². The average molecular weight is 567 g/mol. The van der Waals surface area contributed by atoms with E-state index in [1.54, 1.807) is 0 Å². The molecular formula is C36H42N2S2+2. The molecule has 2 aromatic carbocycles. The molecule has 0 radical (unpaired) electrons. The van der Waals surface area contributed by atoms with Crippen molar-refractivity contribution in [1.29, 1.82) is 0 Å². The molecule has 0 saturated heterocycles. The van der Waals surface area contributed by atoms with Crippen LogP contribution in [0.15, 0.2) is 73.1 Å². The number of hydrogen-bond acceptors (Lipinski definition) is 2. The third kappa shape index (κ3) is 8.71. The first-order valence-electron chi connectivity index (χ1n) is 14.0. The Morgan fingerprint density at radius 3 is 1.32 bits per heavy atom. The lowest BCUT2D eigenvalue weighted by atomic mass is 10.0. The summed E-state index contributed by atoms with van der Waals surface area (Å²) in [5.74, 6) is 2.19. The third-order valence-corrected chi connectivity index (χ3v) is 9.59. The first-order valence-corrected chi connectivity index (χ1v) is 16.5. The van der Waals surface area contributed by atoms with Gasteiger partial charge in [-0.15, -0.1) is 0 Å². The van der Waals surface area contributed by atoms with Crippen molar-refractivity contribution in [2.45, 2.75) is 54.6 Å². The molecule has 4 heteroatoms. The van der Waals surface area contributed by atoms with Gasteiger partial charge in [-0.3, -0.25) is 0 Å². The van der Waals surface area contributed by atoms with Crippen LogP contribution >= 0.6 is 21.6 Å². The van der Waals surface area contributed by atoms with Crippen LogP contribution in [0.25, 0.3) is 24.3 Å². The summed E-state index contributed by atoms with van der Waals surface area (Å²) in [7, 11) is 3.93. The second kappa shape index (κ2) is 14.5. The largest absolute Gasteiger partial charge is 0.202 e. The van der Waals surface area contributed by atoms with E-state index in [2.05, 4.69) is 148 Å². The molecule has 0 amide bonds. The van der Waals surface area contributed by atoms with Gasteiger partial charge in [0, 0.05) is 38.1 Å². The van der Waals surface area contributed by atoms with Gasteiger partial charge in [-0.25, -0.2) is 9.13 Å². The number of hydrogen-bond donors (Lipinski definition) is 0. The number of aryl methyl sites for hydroxylation is 8. The van der Waals surface area contributed by atoms with E-state index in [0.29, 0.717) is 0 Å². The standard InChI is InChI=1S/C36H42N2S2/c1-27-7-11-35(29(3)23-27)13-9-33-15-17-37(31(5)25-33)19-21-39-40-22-20-38-18-16-34(26-32(38)6)10-14-36-12-8-28(2)24-30(36)4/h7-18,23-26H,19-22H2,1-6H3/q+2/b13-9+,14-10+. The number of rotatable bonds is 11. The number of benzene rings is 2. The van der Waals surface area contributed by atoms with Crippen molar-refractivity contribution < 1.29 is 9.13 Å². The molecule has 2 nitrogen and oxygen atoms in total. The lowest BCUT2D eigenvalue weighted by Crippen LogP contribution is -2.38. The first-order chi connectivity index (χ1) is 19.3. The Bertz CT molecular complexity index is 1400. The molecule has 40 heavy (non-hydrogen) atoms. The minimum atomic E-state index is 1.03. The predicted molar refractivity (Wildman–Crippen MR) is 177 cm³/mol. The molecule has 2 heterocycles. The zero-order valence-corrected chi connectivity index (χ0v) is 26.4. The van der Waals surface area contributed by atoms with Crippen LogP contribution in [0.1, 0.15) is 55.9 Å². The topological polar surface area (TPSA) is 7.76 Å². The van der Waals surface area contributed by atoms with E-state index >= 15 is 0 Å². The molecule has 206 valence electrons. The minimum Gasteiger partial charge on any atom is -0.202 e. The van der Waals surface area contributed by atoms with Crippen LogP contribution in [-0.2, 0) is 13.1 Å². The average Bonchev–Trinajstić information content (AvgIpc) is 2.91. The van der Waals surface area contributed by atoms with Gasteiger partial charge >= 0.3 is 0 Å². The highest BCUT2D eigenvalue weighted by molar-refractivity contribution is 8.76. The Kier molecular flexibility index (Phi) is 10.9. The molecule has 4 aromatic rings. The Labute approximate surface area is 249 Å². The van der Waals surface area contributed by atoms with Gasteiger partial charge in [0.25, 0.3) is 0 Å². The van der Waals surface area contributed by atoms with Gasteiger partial charge in [0.05, 0.1) is 11.5 Å². The van der Waals surface area contributed by atoms with E-state index in [1.807, 2.05) is 21.6 Å². The van der Waals surface area contributed by atoms with Crippen molar-refractivity contribution in [3.05, 3.63) is 129 Å². The SMILES string of the molecule is Cc1ccc(/C=C/c2cc[n+](CCSSCC[n+]3ccc(/C=C/c4ccc(C)cc4C)cc3C)c(C)c2)c(C)c1. The van der Waals surface area contributed by atoms with Gasteiger partial charge in [-0.1, -0.05) is 93.4 Å². The zero-order valence-electron chi connectivity index (χ0n) is 24.8. The quantitative estimate of drug-likeness (QED) is 0.102. The van der Waals surface area contributed by atoms with Gasteiger partial charge in [0.15, 0.2) is 36.9 Å². The van der Waals surface area contributed by atoms with E-state index in [-0.39, 0.29) is 0 Å². The van der Waals surface area contributed by atoms with E-state index in [1.165, 1.54) is 55.9 Å². The molecule has 0 aliphatic heterocycles. The minimum absolute atomic E-state index is 1.03. The van der Waals surface area contributed by atoms with E-state index in [9.17, 15) is 0 Å². The lowest BCUT2D eigenvalue weighted by Gasteiger charge is -2.04. The molecule has 0 saturated carbocycles. The van der Waals surface area contributed by atoms with Crippen LogP contribution in [0.5, 0.6) is 0 Å². The normalized spacial score (nSPS) is 11.7. The second-order valence-corrected chi connectivity index (χ2v) is 13.3. The van der Waals surface area contributed by atoms with Crippen LogP contribution in [-0.4, -0.2) is 11.5 Å². The summed E-state index contributed by atoms with van der Waals surface area (Å²) < 4.78 is 4.70. The summed E-state index contributed by atoms with van der Waals surface area (Å²) in [5.41, 5.74) is 12.9. The molecule has 0 bridgehead atoms. The molecule has 0 spiro atoms. The first kappa shape index (κ1) is 29.9. The fourth-order valence-corrected chi connectivity index (χ4v) is 6.76. The molecule has 2 aromatic heterocycles. The third-order valence-electron chi connectivity index (χ3n) is 7.23. The Hall–Kier alpha value is -3.08. The number of aromatic nitrogens is 2. The molecule has 0 unspecified atom stereocenters. The summed E-state index contributed by atoms with van der Waals surface area (Å²) in [5, 5.41) is 0. The highest BCUT2D eigenvalue weighted by Crippen LogP contribution is 2.21. The number of pyridine rings is 2. The van der Waals surface area contributed by atoms with Crippen molar-refractivity contribution in [2.75, 3.05) is 11.5 Å². The van der Waals surface area contributed by atoms with Gasteiger partial charge in [-0.2, -0.15) is 0 Å². The highest BCUT2D eigenvalue weighted by Gasteiger charge is 2.09. The maximum atomic E-state index is 2.35. The van der Waals surface area contributed by atoms with Crippen LogP contribution in [0.2, 0.25) is 0 Å². The van der Waals surface area contributed by atoms with Gasteiger partial charge < -0.3 is 0 Å². The molecule has 0 aliphatic rings. The summed E-state index contributed by atoms with van der Waals surface area (Å²) in [4.78, 5) is 0. The predicted octanol–water partition coefficient (Wildman–Crippen LogP) is 8.53. The summed E-state index contributed by atoms with van der Waals surface area (Å²) in [6.45, 7) is 15.1. The van der Waals surface area contributed by atoms with Gasteiger partial charge in [0.2, 0.25) is 0 Å². The molecule has 0 fully saturated rings. The van der Waals surface area contributed by atoms with Crippen LogP contribution in [0.3, 0.4) is 0 Å². The molecular weight excluding hydrogens is 525 g/mol. The van der Waals surface area contributed by atoms with Crippen molar-refractivity contribution >= 4 is 45.9 Å². The Morgan fingerprint density at radius 2 is 0.950 bits per heavy atom. The summed E-state index contributed by atoms with van der Waals surface area (Å²) in [6.07, 6.45) is 13.3. The molecule has 4 rings (SSSR count). The van der Waals surface area contributed by atoms with Gasteiger partial charge in [-0.05, 0) is 61.1 Å². The fourth-order valence-electron chi connectivity index (χ4n) is 4.83. The Morgan fingerprint density at radius 1 is 0.525 bits per heavy atom. The highest BCUT2D eigenvalue weighted by atomic mass is 33.1. The summed E-state index contributed by atoms with van der Waals surface area (Å²) in [6, 6.07) is 22.2. The summed E-state index contributed by atoms with van der Waals surface area (Å²) >= 11 is 0.